The van der Waals surface area contributed by atoms with Crippen molar-refractivity contribution in [2.24, 2.45) is 0 Å². The van der Waals surface area contributed by atoms with Gasteiger partial charge in [-0.15, -0.1) is 0 Å². The maximum absolute atomic E-state index is 12.6. The Morgan fingerprint density at radius 3 is 2.10 bits per heavy atom. The van der Waals surface area contributed by atoms with Crippen molar-refractivity contribution >= 4 is 0 Å². The van der Waals surface area contributed by atoms with Gasteiger partial charge in [0.25, 0.3) is 5.92 Å². The normalized spacial score (nSPS) is 34.2. The lowest BCUT2D eigenvalue weighted by atomic mass is 9.75. The summed E-state index contributed by atoms with van der Waals surface area (Å²) in [4.78, 5) is 0. The van der Waals surface area contributed by atoms with Crippen LogP contribution in [0.3, 0.4) is 0 Å². The highest BCUT2D eigenvalue weighted by molar-refractivity contribution is 5.05. The second kappa shape index (κ2) is 1.70. The monoisotopic (exact) mass is 147 g/mol. The van der Waals surface area contributed by atoms with Gasteiger partial charge in [-0.05, 0) is 19.3 Å². The van der Waals surface area contributed by atoms with Crippen LogP contribution in [-0.4, -0.2) is 18.0 Å². The van der Waals surface area contributed by atoms with Crippen LogP contribution in [0.4, 0.5) is 8.78 Å². The van der Waals surface area contributed by atoms with E-state index in [-0.39, 0.29) is 18.5 Å². The number of hydrogen-bond acceptors (Lipinski definition) is 1. The molecule has 0 atom stereocenters. The van der Waals surface area contributed by atoms with Gasteiger partial charge in [-0.3, -0.25) is 0 Å². The average molecular weight is 147 g/mol. The minimum atomic E-state index is -2.43. The van der Waals surface area contributed by atoms with Gasteiger partial charge in [0.15, 0.2) is 0 Å². The first kappa shape index (κ1) is 6.53. The second-order valence-electron chi connectivity index (χ2n) is 3.52. The highest BCUT2D eigenvalue weighted by atomic mass is 19.3. The largest absolute Gasteiger partial charge is 0.305 e. The van der Waals surface area contributed by atoms with Gasteiger partial charge < -0.3 is 5.32 Å². The van der Waals surface area contributed by atoms with Crippen LogP contribution in [0, 0.1) is 0 Å². The van der Waals surface area contributed by atoms with Gasteiger partial charge in [0.2, 0.25) is 0 Å². The van der Waals surface area contributed by atoms with E-state index in [0.717, 1.165) is 19.3 Å². The van der Waals surface area contributed by atoms with Crippen molar-refractivity contribution in [3.8, 4) is 0 Å². The molecule has 0 unspecified atom stereocenters. The van der Waals surface area contributed by atoms with Crippen molar-refractivity contribution in [2.75, 3.05) is 6.54 Å². The zero-order valence-electron chi connectivity index (χ0n) is 5.79. The average Bonchev–Trinajstić information content (AvgIpc) is 2.04. The number of alkyl halides is 2. The Hall–Kier alpha value is -0.180. The van der Waals surface area contributed by atoms with Crippen LogP contribution in [0.5, 0.6) is 0 Å². The van der Waals surface area contributed by atoms with E-state index < -0.39 is 5.92 Å². The van der Waals surface area contributed by atoms with Gasteiger partial charge in [0.1, 0.15) is 0 Å². The third-order valence-corrected chi connectivity index (χ3v) is 2.63. The zero-order valence-corrected chi connectivity index (χ0v) is 5.79. The summed E-state index contributed by atoms with van der Waals surface area (Å²) in [6, 6.07) is 0. The fraction of sp³-hybridized carbons (Fsp3) is 1.00. The molecule has 1 saturated heterocycles. The molecule has 2 fully saturated rings. The topological polar surface area (TPSA) is 12.0 Å². The SMILES string of the molecule is FC1(F)CNC2(CCC2)C1. The van der Waals surface area contributed by atoms with Gasteiger partial charge in [0, 0.05) is 12.0 Å². The molecule has 0 bridgehead atoms. The molecule has 0 aromatic carbocycles. The number of rotatable bonds is 0. The van der Waals surface area contributed by atoms with E-state index in [4.69, 9.17) is 0 Å². The molecule has 1 heterocycles. The minimum absolute atomic E-state index is 0.0694. The first-order valence-corrected chi connectivity index (χ1v) is 3.75. The molecule has 1 nitrogen and oxygen atoms in total. The fourth-order valence-electron chi connectivity index (χ4n) is 1.89. The van der Waals surface area contributed by atoms with E-state index >= 15 is 0 Å². The molecule has 1 aliphatic carbocycles. The summed E-state index contributed by atoms with van der Waals surface area (Å²) in [5.41, 5.74) is -0.149. The number of hydrogen-bond donors (Lipinski definition) is 1. The van der Waals surface area contributed by atoms with Crippen LogP contribution < -0.4 is 5.32 Å². The third kappa shape index (κ3) is 0.839. The van der Waals surface area contributed by atoms with Gasteiger partial charge in [-0.25, -0.2) is 8.78 Å². The molecule has 2 rings (SSSR count). The number of halogens is 2. The Morgan fingerprint density at radius 1 is 1.20 bits per heavy atom. The van der Waals surface area contributed by atoms with Crippen molar-refractivity contribution in [2.45, 2.75) is 37.1 Å². The molecule has 0 amide bonds. The van der Waals surface area contributed by atoms with Crippen molar-refractivity contribution in [1.29, 1.82) is 0 Å². The highest BCUT2D eigenvalue weighted by Gasteiger charge is 2.51. The van der Waals surface area contributed by atoms with E-state index in [0.29, 0.717) is 0 Å². The van der Waals surface area contributed by atoms with Crippen LogP contribution in [0.25, 0.3) is 0 Å². The van der Waals surface area contributed by atoms with Gasteiger partial charge in [-0.1, -0.05) is 0 Å². The summed E-state index contributed by atoms with van der Waals surface area (Å²) in [6.45, 7) is -0.104. The van der Waals surface area contributed by atoms with E-state index in [2.05, 4.69) is 5.32 Å². The molecule has 1 saturated carbocycles. The Morgan fingerprint density at radius 2 is 1.90 bits per heavy atom. The van der Waals surface area contributed by atoms with Crippen molar-refractivity contribution in [3.05, 3.63) is 0 Å². The first-order valence-electron chi connectivity index (χ1n) is 3.75. The van der Waals surface area contributed by atoms with Crippen molar-refractivity contribution in [1.82, 2.24) is 5.32 Å². The molecule has 1 spiro atoms. The van der Waals surface area contributed by atoms with Crippen LogP contribution in [0.1, 0.15) is 25.7 Å². The zero-order chi connectivity index (χ0) is 7.24. The summed E-state index contributed by atoms with van der Waals surface area (Å²) < 4.78 is 25.2. The molecule has 2 aliphatic rings. The summed E-state index contributed by atoms with van der Waals surface area (Å²) in [6.07, 6.45) is 3.08. The molecule has 0 radical (unpaired) electrons. The minimum Gasteiger partial charge on any atom is -0.305 e. The first-order chi connectivity index (χ1) is 4.62. The summed E-state index contributed by atoms with van der Waals surface area (Å²) in [5.74, 6) is -2.43. The maximum Gasteiger partial charge on any atom is 0.262 e. The molecule has 10 heavy (non-hydrogen) atoms. The molecule has 0 aromatic heterocycles. The van der Waals surface area contributed by atoms with Crippen LogP contribution in [-0.2, 0) is 0 Å². The highest BCUT2D eigenvalue weighted by Crippen LogP contribution is 2.44. The predicted octanol–water partition coefficient (Wildman–Crippen LogP) is 1.54. The standard InChI is InChI=1S/C7H11F2N/c8-7(9)4-6(10-5-7)2-1-3-6/h10H,1-5H2. The van der Waals surface area contributed by atoms with Crippen molar-refractivity contribution in [3.63, 3.8) is 0 Å². The molecule has 1 aliphatic heterocycles. The summed E-state index contributed by atoms with van der Waals surface area (Å²) in [7, 11) is 0. The summed E-state index contributed by atoms with van der Waals surface area (Å²) >= 11 is 0. The van der Waals surface area contributed by atoms with Crippen molar-refractivity contribution < 1.29 is 8.78 Å². The second-order valence-corrected chi connectivity index (χ2v) is 3.52. The smallest absolute Gasteiger partial charge is 0.262 e. The Kier molecular flexibility index (Phi) is 1.11. The Bertz CT molecular complexity index is 152. The van der Waals surface area contributed by atoms with Crippen LogP contribution in [0.2, 0.25) is 0 Å². The van der Waals surface area contributed by atoms with E-state index in [9.17, 15) is 8.78 Å². The van der Waals surface area contributed by atoms with Gasteiger partial charge in [0.05, 0.1) is 6.54 Å². The van der Waals surface area contributed by atoms with Gasteiger partial charge in [-0.2, -0.15) is 0 Å². The van der Waals surface area contributed by atoms with E-state index in [1.54, 1.807) is 0 Å². The molecular formula is C7H11F2N. The lowest BCUT2D eigenvalue weighted by molar-refractivity contribution is 0.00929. The van der Waals surface area contributed by atoms with Gasteiger partial charge >= 0.3 is 0 Å². The summed E-state index contributed by atoms with van der Waals surface area (Å²) in [5, 5.41) is 2.91. The Balaban J connectivity index is 2.05. The van der Waals surface area contributed by atoms with Crippen LogP contribution >= 0.6 is 0 Å². The third-order valence-electron chi connectivity index (χ3n) is 2.63. The molecule has 0 aromatic rings. The lowest BCUT2D eigenvalue weighted by Crippen LogP contribution is -2.45. The fourth-order valence-corrected chi connectivity index (χ4v) is 1.89. The van der Waals surface area contributed by atoms with E-state index in [1.807, 2.05) is 0 Å². The maximum atomic E-state index is 12.6. The lowest BCUT2D eigenvalue weighted by Gasteiger charge is -2.38. The van der Waals surface area contributed by atoms with E-state index in [1.165, 1.54) is 0 Å². The Labute approximate surface area is 58.8 Å². The molecular weight excluding hydrogens is 136 g/mol. The molecule has 58 valence electrons. The quantitative estimate of drug-likeness (QED) is 0.548. The number of nitrogens with one attached hydrogen (secondary N) is 1. The molecule has 3 heteroatoms. The van der Waals surface area contributed by atoms with Crippen LogP contribution in [0.15, 0.2) is 0 Å². The molecule has 1 N–H and O–H groups in total. The predicted molar refractivity (Wildman–Crippen MR) is 34.1 cm³/mol.